The average molecular weight is 1200 g/mol. The number of ketones is 1. The summed E-state index contributed by atoms with van der Waals surface area (Å²) in [6.45, 7) is 6.52. The number of hydrogen-bond acceptors (Lipinski definition) is 14. The van der Waals surface area contributed by atoms with Gasteiger partial charge in [0.15, 0.2) is 33.0 Å². The number of Topliss-reactive ketones (excluding diaryl/α,β-unsaturated/α-hetero) is 1. The van der Waals surface area contributed by atoms with E-state index >= 15 is 8.78 Å². The summed E-state index contributed by atoms with van der Waals surface area (Å²) in [6.07, 6.45) is 4.24. The van der Waals surface area contributed by atoms with E-state index < -0.39 is 43.7 Å². The van der Waals surface area contributed by atoms with Gasteiger partial charge in [-0.05, 0) is 175 Å². The van der Waals surface area contributed by atoms with Crippen molar-refractivity contribution < 1.29 is 63.6 Å². The third-order valence-electron chi connectivity index (χ3n) is 14.1. The van der Waals surface area contributed by atoms with Gasteiger partial charge in [0.2, 0.25) is 10.0 Å². The smallest absolute Gasteiger partial charge is 0.314 e. The van der Waals surface area contributed by atoms with Crippen LogP contribution in [0.15, 0.2) is 70.5 Å². The Kier molecular flexibility index (Phi) is 25.2. The molecule has 4 aromatic carbocycles. The zero-order valence-electron chi connectivity index (χ0n) is 46.6. The minimum atomic E-state index is -4.02. The zero-order chi connectivity index (χ0) is 58.0. The molecule has 2 aliphatic rings. The SMILES string of the molecule is Cc1cc(Cl)cc2c1C[C@H](N(C)C)[C@H]2Oc1ccc(S(=O)(=O)CCCOCCOCCNC(=O)NCCCCCC(=O)CCCOCCOCCNS(=O)(=O)c2ccc(O[C@H]3c4cc(Cl)cc(C)c4C[C@@H]3N(C)C)c(F)c2)cc1F. The number of aryl methyl sites for hydroxylation is 2. The summed E-state index contributed by atoms with van der Waals surface area (Å²) in [6, 6.07) is 14.3. The summed E-state index contributed by atoms with van der Waals surface area (Å²) < 4.78 is 119. The molecular formula is C57H77Cl2F2N5O12S2. The molecular weight excluding hydrogens is 1120 g/mol. The lowest BCUT2D eigenvalue weighted by molar-refractivity contribution is -0.119. The number of carbonyl (C=O) groups excluding carboxylic acids is 2. The van der Waals surface area contributed by atoms with Crippen LogP contribution in [0.4, 0.5) is 13.6 Å². The molecule has 17 nitrogen and oxygen atoms in total. The Hall–Kier alpha value is -4.52. The summed E-state index contributed by atoms with van der Waals surface area (Å²) in [5, 5.41) is 6.63. The molecule has 0 fully saturated rings. The number of ether oxygens (including phenoxy) is 6. The Morgan fingerprint density at radius 2 is 1.05 bits per heavy atom. The van der Waals surface area contributed by atoms with Gasteiger partial charge in [-0.25, -0.2) is 35.1 Å². The monoisotopic (exact) mass is 1200 g/mol. The number of rotatable bonds is 35. The van der Waals surface area contributed by atoms with Crippen LogP contribution in [0.3, 0.4) is 0 Å². The molecule has 2 aliphatic carbocycles. The molecule has 0 radical (unpaired) electrons. The van der Waals surface area contributed by atoms with Gasteiger partial charge in [-0.15, -0.1) is 0 Å². The standard InChI is InChI=1S/C57H77Cl2F2N5O12S2/c1-38-30-40(58)32-47-45(38)36-51(65(3)4)55(47)77-53-16-14-43(34-49(53)60)79(69,70)29-11-22-74-26-27-75-23-19-63-57(68)62-18-9-7-8-12-42(67)13-10-21-73-25-28-76-24-20-64-80(71,72)44-15-17-54(50(61)35-44)78-56-48-33-41(59)31-39(2)46(48)37-52(56)66(5)6/h14-17,30-35,51-52,55-56,64H,7-13,18-29,36-37H2,1-6H3,(H2,62,63,68)/t51-,52-,55-,56-/m0/s1. The van der Waals surface area contributed by atoms with Crippen molar-refractivity contribution in [2.75, 3.05) is 106 Å². The first-order chi connectivity index (χ1) is 38.1. The van der Waals surface area contributed by atoms with Gasteiger partial charge in [0.25, 0.3) is 0 Å². The predicted molar refractivity (Wildman–Crippen MR) is 304 cm³/mol. The Bertz CT molecular complexity index is 2750. The first kappa shape index (κ1) is 64.6. The number of hydrogen-bond donors (Lipinski definition) is 3. The van der Waals surface area contributed by atoms with Gasteiger partial charge >= 0.3 is 6.03 Å². The molecule has 0 saturated heterocycles. The number of nitrogens with one attached hydrogen (secondary N) is 3. The van der Waals surface area contributed by atoms with Crippen molar-refractivity contribution in [1.82, 2.24) is 25.2 Å². The lowest BCUT2D eigenvalue weighted by atomic mass is 10.0. The first-order valence-corrected chi connectivity index (χ1v) is 30.9. The van der Waals surface area contributed by atoms with Gasteiger partial charge in [0, 0.05) is 55.7 Å². The summed E-state index contributed by atoms with van der Waals surface area (Å²) >= 11 is 12.7. The van der Waals surface area contributed by atoms with Gasteiger partial charge < -0.3 is 48.9 Å². The van der Waals surface area contributed by atoms with Gasteiger partial charge in [0.05, 0.1) is 67.3 Å². The minimum absolute atomic E-state index is 0.0315. The maximum atomic E-state index is 15.3. The molecule has 6 rings (SSSR count). The molecule has 4 aromatic rings. The van der Waals surface area contributed by atoms with E-state index in [4.69, 9.17) is 51.6 Å². The summed E-state index contributed by atoms with van der Waals surface area (Å²) in [7, 11) is -0.0763. The summed E-state index contributed by atoms with van der Waals surface area (Å²) in [4.78, 5) is 28.1. The number of halogens is 4. The Morgan fingerprint density at radius 1 is 0.575 bits per heavy atom. The van der Waals surface area contributed by atoms with Crippen molar-refractivity contribution in [3.63, 3.8) is 0 Å². The highest BCUT2D eigenvalue weighted by Crippen LogP contribution is 2.43. The minimum Gasteiger partial charge on any atom is -0.481 e. The third kappa shape index (κ3) is 19.0. The van der Waals surface area contributed by atoms with Crippen LogP contribution in [0, 0.1) is 25.5 Å². The number of urea groups is 1. The second kappa shape index (κ2) is 31.2. The molecule has 0 aromatic heterocycles. The Morgan fingerprint density at radius 3 is 1.59 bits per heavy atom. The number of amides is 2. The van der Waals surface area contributed by atoms with Crippen LogP contribution in [-0.2, 0) is 56.4 Å². The van der Waals surface area contributed by atoms with Gasteiger partial charge in [-0.2, -0.15) is 0 Å². The van der Waals surface area contributed by atoms with Crippen molar-refractivity contribution in [2.24, 2.45) is 0 Å². The second-order valence-electron chi connectivity index (χ2n) is 20.5. The topological polar surface area (TPSA) is 200 Å². The molecule has 0 heterocycles. The van der Waals surface area contributed by atoms with E-state index in [9.17, 15) is 26.4 Å². The van der Waals surface area contributed by atoms with E-state index in [2.05, 4.69) is 15.4 Å². The molecule has 0 aliphatic heterocycles. The van der Waals surface area contributed by atoms with Crippen LogP contribution in [0.1, 0.15) is 90.5 Å². The van der Waals surface area contributed by atoms with Crippen LogP contribution in [0.2, 0.25) is 10.0 Å². The largest absolute Gasteiger partial charge is 0.481 e. The van der Waals surface area contributed by atoms with E-state index in [0.717, 1.165) is 58.4 Å². The number of nitrogens with zero attached hydrogens (tertiary/aromatic N) is 2. The van der Waals surface area contributed by atoms with Crippen molar-refractivity contribution in [3.8, 4) is 11.5 Å². The van der Waals surface area contributed by atoms with Gasteiger partial charge in [0.1, 0.15) is 18.0 Å². The first-order valence-electron chi connectivity index (χ1n) is 27.0. The normalized spacial score (nSPS) is 17.0. The van der Waals surface area contributed by atoms with E-state index in [1.807, 2.05) is 76.1 Å². The van der Waals surface area contributed by atoms with Crippen LogP contribution in [-0.4, -0.2) is 157 Å². The van der Waals surface area contributed by atoms with Crippen molar-refractivity contribution in [1.29, 1.82) is 0 Å². The predicted octanol–water partition coefficient (Wildman–Crippen LogP) is 8.52. The highest BCUT2D eigenvalue weighted by molar-refractivity contribution is 7.91. The van der Waals surface area contributed by atoms with Crippen LogP contribution in [0.25, 0.3) is 0 Å². The Balaban J connectivity index is 0.708. The Labute approximate surface area is 480 Å². The maximum absolute atomic E-state index is 15.3. The second-order valence-corrected chi connectivity index (χ2v) is 25.2. The maximum Gasteiger partial charge on any atom is 0.314 e. The van der Waals surface area contributed by atoms with E-state index in [1.165, 1.54) is 24.3 Å². The summed E-state index contributed by atoms with van der Waals surface area (Å²) in [5.74, 6) is -1.75. The highest BCUT2D eigenvalue weighted by atomic mass is 35.5. The van der Waals surface area contributed by atoms with Crippen LogP contribution < -0.4 is 24.8 Å². The lowest BCUT2D eigenvalue weighted by Gasteiger charge is -2.27. The highest BCUT2D eigenvalue weighted by Gasteiger charge is 2.39. The molecule has 0 saturated carbocycles. The lowest BCUT2D eigenvalue weighted by Crippen LogP contribution is -2.37. The fraction of sp³-hybridized carbons (Fsp3) is 0.544. The van der Waals surface area contributed by atoms with Crippen molar-refractivity contribution >= 4 is 54.9 Å². The van der Waals surface area contributed by atoms with Crippen molar-refractivity contribution in [2.45, 2.75) is 106 Å². The number of sulfonamides is 1. The number of fused-ring (bicyclic) bond motifs is 2. The zero-order valence-corrected chi connectivity index (χ0v) is 49.7. The molecule has 2 amide bonds. The van der Waals surface area contributed by atoms with Gasteiger partial charge in [-0.1, -0.05) is 29.6 Å². The number of benzene rings is 4. The van der Waals surface area contributed by atoms with Crippen molar-refractivity contribution in [3.05, 3.63) is 116 Å². The molecule has 3 N–H and O–H groups in total. The van der Waals surface area contributed by atoms with Gasteiger partial charge in [-0.3, -0.25) is 4.79 Å². The van der Waals surface area contributed by atoms with Crippen LogP contribution >= 0.6 is 23.2 Å². The average Bonchev–Trinajstić information content (AvgIpc) is 4.03. The quantitative estimate of drug-likeness (QED) is 0.0370. The number of sulfone groups is 1. The molecule has 4 atom stereocenters. The number of likely N-dealkylation sites (N-methyl/N-ethyl adjacent to an activating group) is 2. The molecule has 442 valence electrons. The van der Waals surface area contributed by atoms with Crippen LogP contribution in [0.5, 0.6) is 11.5 Å². The molecule has 0 unspecified atom stereocenters. The number of unbranched alkanes of at least 4 members (excludes halogenated alkanes) is 2. The molecule has 80 heavy (non-hydrogen) atoms. The molecule has 0 bridgehead atoms. The third-order valence-corrected chi connectivity index (χ3v) is 17.8. The fourth-order valence-corrected chi connectivity index (χ4v) is 12.6. The number of carbonyl (C=O) groups is 2. The molecule has 0 spiro atoms. The van der Waals surface area contributed by atoms with E-state index in [1.54, 1.807) is 0 Å². The van der Waals surface area contributed by atoms with E-state index in [0.29, 0.717) is 61.7 Å². The summed E-state index contributed by atoms with van der Waals surface area (Å²) in [5.41, 5.74) is 6.07. The fourth-order valence-electron chi connectivity index (χ4n) is 9.76. The molecule has 23 heteroatoms. The van der Waals surface area contributed by atoms with E-state index in [-0.39, 0.29) is 117 Å².